The Morgan fingerprint density at radius 1 is 0.291 bits per heavy atom. The summed E-state index contributed by atoms with van der Waals surface area (Å²) in [7, 11) is 0. The predicted molar refractivity (Wildman–Crippen MR) is 194 cm³/mol. The molecule has 0 aliphatic heterocycles. The zero-order chi connectivity index (χ0) is 38.2. The smallest absolute Gasteiger partial charge is 0.411 e. The molecule has 6 nitrogen and oxygen atoms in total. The molecule has 2 aromatic heterocycles. The Balaban J connectivity index is 1.06. The quantitative estimate of drug-likeness (QED) is 0.144. The maximum atomic E-state index is 14.9. The summed E-state index contributed by atoms with van der Waals surface area (Å²) in [5, 5.41) is 16.0. The molecule has 0 radical (unpaired) electrons. The number of halogens is 6. The first-order valence-corrected chi connectivity index (χ1v) is 16.9. The van der Waals surface area contributed by atoms with E-state index in [-0.39, 0.29) is 34.7 Å². The molecule has 0 fully saturated rings. The van der Waals surface area contributed by atoms with Gasteiger partial charge >= 0.3 is 12.4 Å². The standard InChI is InChI=1S/C43H26F6N4O2/c44-42(45,46)41(43(47,48)49,35-23-19-33(20-24-35)39-52-50-37(54-39)31-15-11-29(12-16-31)27-7-3-1-4-8-27)36-25-21-34(22-26-36)40-53-51-38(55-40)32-17-13-30(14-18-32)28-9-5-2-6-10-28/h1-26H. The lowest BCUT2D eigenvalue weighted by molar-refractivity contribution is -0.288. The normalized spacial score (nSPS) is 12.2. The second kappa shape index (κ2) is 13.9. The van der Waals surface area contributed by atoms with E-state index in [1.54, 1.807) is 24.3 Å². The molecule has 0 unspecified atom stereocenters. The van der Waals surface area contributed by atoms with Crippen molar-refractivity contribution in [3.63, 3.8) is 0 Å². The maximum Gasteiger partial charge on any atom is 0.411 e. The fourth-order valence-electron chi connectivity index (χ4n) is 6.49. The number of hydrogen-bond donors (Lipinski definition) is 0. The summed E-state index contributed by atoms with van der Waals surface area (Å²) in [6.07, 6.45) is -11.6. The number of rotatable bonds is 8. The van der Waals surface area contributed by atoms with Gasteiger partial charge in [0.1, 0.15) is 0 Å². The van der Waals surface area contributed by atoms with Gasteiger partial charge in [-0.3, -0.25) is 0 Å². The van der Waals surface area contributed by atoms with Crippen LogP contribution in [-0.2, 0) is 5.41 Å². The van der Waals surface area contributed by atoms with Crippen molar-refractivity contribution in [2.75, 3.05) is 0 Å². The molecule has 0 saturated carbocycles. The SMILES string of the molecule is FC(F)(F)C(c1ccc(-c2nnc(-c3ccc(-c4ccccc4)cc3)o2)cc1)(c1ccc(-c2nnc(-c3ccc(-c4ccccc4)cc3)o2)cc1)C(F)(F)F. The van der Waals surface area contributed by atoms with Crippen molar-refractivity contribution in [2.24, 2.45) is 0 Å². The van der Waals surface area contributed by atoms with Gasteiger partial charge in [-0.25, -0.2) is 0 Å². The lowest BCUT2D eigenvalue weighted by Gasteiger charge is -2.38. The molecule has 12 heteroatoms. The molecule has 0 N–H and O–H groups in total. The van der Waals surface area contributed by atoms with Crippen molar-refractivity contribution in [3.8, 4) is 68.1 Å². The van der Waals surface area contributed by atoms with Crippen molar-refractivity contribution < 1.29 is 35.2 Å². The maximum absolute atomic E-state index is 14.9. The fourth-order valence-corrected chi connectivity index (χ4v) is 6.49. The molecule has 0 amide bonds. The van der Waals surface area contributed by atoms with Crippen LogP contribution in [0.25, 0.3) is 68.1 Å². The first-order chi connectivity index (χ1) is 26.5. The second-order valence-corrected chi connectivity index (χ2v) is 12.6. The van der Waals surface area contributed by atoms with Crippen LogP contribution in [0.4, 0.5) is 26.3 Å². The van der Waals surface area contributed by atoms with Gasteiger partial charge in [0.2, 0.25) is 29.0 Å². The Morgan fingerprint density at radius 2 is 0.527 bits per heavy atom. The van der Waals surface area contributed by atoms with Crippen LogP contribution in [0, 0.1) is 0 Å². The summed E-state index contributed by atoms with van der Waals surface area (Å²) in [6.45, 7) is 0. The van der Waals surface area contributed by atoms with Crippen molar-refractivity contribution in [1.29, 1.82) is 0 Å². The third-order valence-electron chi connectivity index (χ3n) is 9.31. The van der Waals surface area contributed by atoms with Gasteiger partial charge < -0.3 is 8.83 Å². The lowest BCUT2D eigenvalue weighted by atomic mass is 9.72. The Hall–Kier alpha value is -6.82. The third-order valence-corrected chi connectivity index (χ3v) is 9.31. The molecule has 2 heterocycles. The Labute approximate surface area is 309 Å². The number of benzene rings is 6. The molecule has 0 saturated heterocycles. The monoisotopic (exact) mass is 744 g/mol. The van der Waals surface area contributed by atoms with Crippen LogP contribution >= 0.6 is 0 Å². The van der Waals surface area contributed by atoms with E-state index in [1.165, 1.54) is 0 Å². The van der Waals surface area contributed by atoms with Crippen molar-refractivity contribution in [3.05, 3.63) is 169 Å². The highest BCUT2D eigenvalue weighted by Crippen LogP contribution is 2.56. The van der Waals surface area contributed by atoms with Crippen molar-refractivity contribution >= 4 is 0 Å². The Morgan fingerprint density at radius 3 is 0.800 bits per heavy atom. The zero-order valence-corrected chi connectivity index (χ0v) is 28.4. The van der Waals surface area contributed by atoms with E-state index in [9.17, 15) is 26.3 Å². The predicted octanol–water partition coefficient (Wildman–Crippen LogP) is 11.9. The molecule has 6 aromatic carbocycles. The molecule has 0 aliphatic rings. The molecule has 55 heavy (non-hydrogen) atoms. The van der Waals surface area contributed by atoms with E-state index in [4.69, 9.17) is 8.83 Å². The van der Waals surface area contributed by atoms with Gasteiger partial charge in [-0.05, 0) is 81.9 Å². The van der Waals surface area contributed by atoms with Crippen LogP contribution in [0.2, 0.25) is 0 Å². The summed E-state index contributed by atoms with van der Waals surface area (Å²) in [5.41, 5.74) is -1.09. The molecule has 0 bridgehead atoms. The molecule has 0 atom stereocenters. The lowest BCUT2D eigenvalue weighted by Crippen LogP contribution is -2.54. The van der Waals surface area contributed by atoms with Gasteiger partial charge in [-0.15, -0.1) is 20.4 Å². The molecule has 8 rings (SSSR count). The number of hydrogen-bond acceptors (Lipinski definition) is 6. The summed E-state index contributed by atoms with van der Waals surface area (Å²) in [6, 6.07) is 41.4. The number of nitrogens with zero attached hydrogens (tertiary/aromatic N) is 4. The Kier molecular flexibility index (Phi) is 8.88. The van der Waals surface area contributed by atoms with E-state index >= 15 is 0 Å². The van der Waals surface area contributed by atoms with E-state index < -0.39 is 28.9 Å². The Bertz CT molecular complexity index is 2350. The van der Waals surface area contributed by atoms with E-state index in [1.807, 2.05) is 84.9 Å². The second-order valence-electron chi connectivity index (χ2n) is 12.6. The first-order valence-electron chi connectivity index (χ1n) is 16.9. The highest BCUT2D eigenvalue weighted by Gasteiger charge is 2.72. The number of aromatic nitrogens is 4. The van der Waals surface area contributed by atoms with E-state index in [0.29, 0.717) is 11.1 Å². The van der Waals surface area contributed by atoms with Crippen LogP contribution in [0.1, 0.15) is 11.1 Å². The van der Waals surface area contributed by atoms with Crippen LogP contribution in [0.15, 0.2) is 167 Å². The van der Waals surface area contributed by atoms with Gasteiger partial charge in [0, 0.05) is 22.3 Å². The minimum atomic E-state index is -5.79. The number of alkyl halides is 6. The van der Waals surface area contributed by atoms with Gasteiger partial charge in [-0.1, -0.05) is 109 Å². The summed E-state index contributed by atoms with van der Waals surface area (Å²) >= 11 is 0. The highest BCUT2D eigenvalue weighted by atomic mass is 19.4. The zero-order valence-electron chi connectivity index (χ0n) is 28.4. The van der Waals surface area contributed by atoms with Crippen LogP contribution < -0.4 is 0 Å². The molecule has 8 aromatic rings. The highest BCUT2D eigenvalue weighted by molar-refractivity contribution is 5.69. The van der Waals surface area contributed by atoms with Gasteiger partial charge in [0.25, 0.3) is 0 Å². The van der Waals surface area contributed by atoms with Gasteiger partial charge in [0.05, 0.1) is 0 Å². The minimum Gasteiger partial charge on any atom is -0.416 e. The van der Waals surface area contributed by atoms with Crippen molar-refractivity contribution in [1.82, 2.24) is 20.4 Å². The summed E-state index contributed by atoms with van der Waals surface area (Å²) in [5.74, 6) is 0.114. The van der Waals surface area contributed by atoms with Crippen LogP contribution in [-0.4, -0.2) is 32.7 Å². The van der Waals surface area contributed by atoms with E-state index in [2.05, 4.69) is 20.4 Å². The molecule has 0 spiro atoms. The topological polar surface area (TPSA) is 77.8 Å². The summed E-state index contributed by atoms with van der Waals surface area (Å²) < 4.78 is 101. The van der Waals surface area contributed by atoms with E-state index in [0.717, 1.165) is 70.8 Å². The molecule has 272 valence electrons. The minimum absolute atomic E-state index is 0.0753. The largest absolute Gasteiger partial charge is 0.416 e. The molecule has 0 aliphatic carbocycles. The molecular formula is C43H26F6N4O2. The summed E-state index contributed by atoms with van der Waals surface area (Å²) in [4.78, 5) is 0. The van der Waals surface area contributed by atoms with Crippen molar-refractivity contribution in [2.45, 2.75) is 17.8 Å². The third kappa shape index (κ3) is 6.56. The first kappa shape index (κ1) is 35.2. The van der Waals surface area contributed by atoms with Gasteiger partial charge in [-0.2, -0.15) is 26.3 Å². The average molecular weight is 745 g/mol. The van der Waals surface area contributed by atoms with Crippen LogP contribution in [0.3, 0.4) is 0 Å². The fraction of sp³-hybridized carbons (Fsp3) is 0.0698. The van der Waals surface area contributed by atoms with Crippen LogP contribution in [0.5, 0.6) is 0 Å². The van der Waals surface area contributed by atoms with Gasteiger partial charge in [0.15, 0.2) is 0 Å². The average Bonchev–Trinajstić information content (AvgIpc) is 3.90. The molecular weight excluding hydrogens is 718 g/mol.